The van der Waals surface area contributed by atoms with Gasteiger partial charge in [0.05, 0.1) is 12.0 Å². The molecular formula is C15H18BrNO3S. The van der Waals surface area contributed by atoms with Crippen molar-refractivity contribution in [1.82, 2.24) is 5.32 Å². The highest BCUT2D eigenvalue weighted by molar-refractivity contribution is 9.10. The molecule has 0 spiro atoms. The maximum atomic E-state index is 12.0. The monoisotopic (exact) mass is 371 g/mol. The molecule has 114 valence electrons. The number of carbonyl (C=O) groups excluding carboxylic acids is 1. The molecule has 0 bridgehead atoms. The van der Waals surface area contributed by atoms with Crippen LogP contribution in [0.3, 0.4) is 0 Å². The van der Waals surface area contributed by atoms with Crippen LogP contribution >= 0.6 is 27.7 Å². The molecule has 6 heteroatoms. The number of hydrogen-bond donors (Lipinski definition) is 2. The second kappa shape index (κ2) is 7.31. The van der Waals surface area contributed by atoms with Gasteiger partial charge in [0, 0.05) is 21.5 Å². The standard InChI is InChI=1S/C15H18BrNO3S/c16-11-2-4-12(5-3-11)21-9-6-13(18)17-15(7-1-8-15)10-14(19)20/h2-5H,1,6-10H2,(H,17,18)(H,19,20). The van der Waals surface area contributed by atoms with Crippen LogP contribution in [0.15, 0.2) is 33.6 Å². The van der Waals surface area contributed by atoms with Crippen molar-refractivity contribution in [2.45, 2.75) is 42.5 Å². The number of carbonyl (C=O) groups is 2. The van der Waals surface area contributed by atoms with E-state index in [1.165, 1.54) is 0 Å². The van der Waals surface area contributed by atoms with Crippen LogP contribution < -0.4 is 5.32 Å². The van der Waals surface area contributed by atoms with Gasteiger partial charge >= 0.3 is 5.97 Å². The van der Waals surface area contributed by atoms with Crippen LogP contribution in [0.5, 0.6) is 0 Å². The first kappa shape index (κ1) is 16.4. The summed E-state index contributed by atoms with van der Waals surface area (Å²) in [5, 5.41) is 11.8. The van der Waals surface area contributed by atoms with E-state index in [4.69, 9.17) is 5.11 Å². The SMILES string of the molecule is O=C(O)CC1(NC(=O)CCSc2ccc(Br)cc2)CCC1. The average Bonchev–Trinajstić information content (AvgIpc) is 2.38. The van der Waals surface area contributed by atoms with Gasteiger partial charge in [-0.3, -0.25) is 9.59 Å². The van der Waals surface area contributed by atoms with E-state index in [-0.39, 0.29) is 12.3 Å². The summed E-state index contributed by atoms with van der Waals surface area (Å²) in [6, 6.07) is 7.95. The van der Waals surface area contributed by atoms with Crippen LogP contribution in [-0.2, 0) is 9.59 Å². The number of thioether (sulfide) groups is 1. The normalized spacial score (nSPS) is 16.0. The van der Waals surface area contributed by atoms with Crippen LogP contribution in [0.1, 0.15) is 32.1 Å². The number of amides is 1. The Bertz CT molecular complexity index is 514. The second-order valence-corrected chi connectivity index (χ2v) is 7.39. The number of aliphatic carboxylic acids is 1. The Labute approximate surface area is 136 Å². The first-order valence-corrected chi connectivity index (χ1v) is 8.68. The van der Waals surface area contributed by atoms with E-state index in [2.05, 4.69) is 21.2 Å². The highest BCUT2D eigenvalue weighted by Crippen LogP contribution is 2.35. The molecule has 1 amide bonds. The van der Waals surface area contributed by atoms with Crippen LogP contribution in [0.2, 0.25) is 0 Å². The first-order valence-electron chi connectivity index (χ1n) is 6.90. The van der Waals surface area contributed by atoms with Crippen molar-refractivity contribution in [3.8, 4) is 0 Å². The summed E-state index contributed by atoms with van der Waals surface area (Å²) in [7, 11) is 0. The topological polar surface area (TPSA) is 66.4 Å². The Morgan fingerprint density at radius 2 is 1.95 bits per heavy atom. The van der Waals surface area contributed by atoms with Crippen LogP contribution in [-0.4, -0.2) is 28.3 Å². The number of hydrogen-bond acceptors (Lipinski definition) is 3. The van der Waals surface area contributed by atoms with E-state index < -0.39 is 11.5 Å². The van der Waals surface area contributed by atoms with Crippen molar-refractivity contribution in [1.29, 1.82) is 0 Å². The van der Waals surface area contributed by atoms with Gasteiger partial charge in [-0.1, -0.05) is 15.9 Å². The van der Waals surface area contributed by atoms with E-state index in [1.807, 2.05) is 24.3 Å². The lowest BCUT2D eigenvalue weighted by Gasteiger charge is -2.41. The highest BCUT2D eigenvalue weighted by atomic mass is 79.9. The van der Waals surface area contributed by atoms with Crippen molar-refractivity contribution in [3.63, 3.8) is 0 Å². The maximum Gasteiger partial charge on any atom is 0.305 e. The average molecular weight is 372 g/mol. The first-order chi connectivity index (χ1) is 9.99. The number of nitrogens with one attached hydrogen (secondary N) is 1. The van der Waals surface area contributed by atoms with Crippen LogP contribution in [0.4, 0.5) is 0 Å². The minimum Gasteiger partial charge on any atom is -0.481 e. The number of carboxylic acid groups (broad SMARTS) is 1. The van der Waals surface area contributed by atoms with Gasteiger partial charge in [0.2, 0.25) is 5.91 Å². The van der Waals surface area contributed by atoms with Gasteiger partial charge in [0.1, 0.15) is 0 Å². The number of rotatable bonds is 7. The minimum atomic E-state index is -0.848. The lowest BCUT2D eigenvalue weighted by atomic mass is 9.74. The molecule has 1 fully saturated rings. The van der Waals surface area contributed by atoms with Crippen LogP contribution in [0.25, 0.3) is 0 Å². The van der Waals surface area contributed by atoms with Crippen molar-refractivity contribution in [2.24, 2.45) is 0 Å². The Morgan fingerprint density at radius 1 is 1.29 bits per heavy atom. The molecular weight excluding hydrogens is 354 g/mol. The molecule has 21 heavy (non-hydrogen) atoms. The zero-order chi connectivity index (χ0) is 15.3. The van der Waals surface area contributed by atoms with E-state index in [9.17, 15) is 9.59 Å². The predicted molar refractivity (Wildman–Crippen MR) is 86.5 cm³/mol. The predicted octanol–water partition coefficient (Wildman–Crippen LogP) is 3.44. The molecule has 0 unspecified atom stereocenters. The van der Waals surface area contributed by atoms with Gasteiger partial charge in [0.25, 0.3) is 0 Å². The highest BCUT2D eigenvalue weighted by Gasteiger charge is 2.40. The fourth-order valence-electron chi connectivity index (χ4n) is 2.39. The fraction of sp³-hybridized carbons (Fsp3) is 0.467. The van der Waals surface area contributed by atoms with Gasteiger partial charge in [-0.2, -0.15) is 0 Å². The number of carboxylic acids is 1. The molecule has 1 aliphatic rings. The van der Waals surface area contributed by atoms with Gasteiger partial charge in [0.15, 0.2) is 0 Å². The molecule has 0 aliphatic heterocycles. The fourth-order valence-corrected chi connectivity index (χ4v) is 3.51. The Morgan fingerprint density at radius 3 is 2.48 bits per heavy atom. The maximum absolute atomic E-state index is 12.0. The third-order valence-corrected chi connectivity index (χ3v) is 5.16. The Hall–Kier alpha value is -1.01. The molecule has 4 nitrogen and oxygen atoms in total. The van der Waals surface area contributed by atoms with Gasteiger partial charge in [-0.05, 0) is 43.5 Å². The Balaban J connectivity index is 1.74. The van der Waals surface area contributed by atoms with Crippen molar-refractivity contribution < 1.29 is 14.7 Å². The molecule has 0 atom stereocenters. The molecule has 1 aliphatic carbocycles. The lowest BCUT2D eigenvalue weighted by Crippen LogP contribution is -2.54. The minimum absolute atomic E-state index is 0.0264. The van der Waals surface area contributed by atoms with Gasteiger partial charge in [-0.25, -0.2) is 0 Å². The third-order valence-electron chi connectivity index (χ3n) is 3.62. The molecule has 2 rings (SSSR count). The second-order valence-electron chi connectivity index (χ2n) is 5.30. The van der Waals surface area contributed by atoms with Crippen molar-refractivity contribution in [2.75, 3.05) is 5.75 Å². The molecule has 1 saturated carbocycles. The third kappa shape index (κ3) is 5.04. The summed E-state index contributed by atoms with van der Waals surface area (Å²) in [6.07, 6.45) is 2.96. The zero-order valence-electron chi connectivity index (χ0n) is 11.6. The summed E-state index contributed by atoms with van der Waals surface area (Å²) >= 11 is 5.01. The summed E-state index contributed by atoms with van der Waals surface area (Å²) in [5.74, 6) is -0.212. The smallest absolute Gasteiger partial charge is 0.305 e. The molecule has 2 N–H and O–H groups in total. The lowest BCUT2D eigenvalue weighted by molar-refractivity contribution is -0.140. The Kier molecular flexibility index (Phi) is 5.70. The summed E-state index contributed by atoms with van der Waals surface area (Å²) < 4.78 is 1.03. The van der Waals surface area contributed by atoms with E-state index in [0.29, 0.717) is 12.2 Å². The molecule has 0 saturated heterocycles. The van der Waals surface area contributed by atoms with E-state index >= 15 is 0 Å². The van der Waals surface area contributed by atoms with Gasteiger partial charge < -0.3 is 10.4 Å². The van der Waals surface area contributed by atoms with Gasteiger partial charge in [-0.15, -0.1) is 11.8 Å². The van der Waals surface area contributed by atoms with E-state index in [0.717, 1.165) is 28.6 Å². The summed E-state index contributed by atoms with van der Waals surface area (Å²) in [4.78, 5) is 23.9. The molecule has 0 heterocycles. The zero-order valence-corrected chi connectivity index (χ0v) is 14.0. The molecule has 0 radical (unpaired) electrons. The van der Waals surface area contributed by atoms with E-state index in [1.54, 1.807) is 11.8 Å². The van der Waals surface area contributed by atoms with Crippen molar-refractivity contribution in [3.05, 3.63) is 28.7 Å². The number of benzene rings is 1. The molecule has 0 aromatic heterocycles. The summed E-state index contributed by atoms with van der Waals surface area (Å²) in [5.41, 5.74) is -0.495. The number of halogens is 1. The van der Waals surface area contributed by atoms with Crippen molar-refractivity contribution >= 4 is 39.6 Å². The largest absolute Gasteiger partial charge is 0.481 e. The molecule has 1 aromatic rings. The summed E-state index contributed by atoms with van der Waals surface area (Å²) in [6.45, 7) is 0. The molecule has 1 aromatic carbocycles. The van der Waals surface area contributed by atoms with Crippen LogP contribution in [0, 0.1) is 0 Å². The quantitative estimate of drug-likeness (QED) is 0.720.